The van der Waals surface area contributed by atoms with Crippen LogP contribution in [0, 0.1) is 6.92 Å². The molecule has 1 amide bonds. The maximum absolute atomic E-state index is 12.7. The molecule has 0 saturated heterocycles. The first-order valence-corrected chi connectivity index (χ1v) is 11.7. The standard InChI is InChI=1S/C30H27N3O3/c1-20-28(18-31-32-30(34)23-15-24(35-2)17-25(16-23)36-3)27-13-6-7-14-29(27)33(20)19-22-11-8-10-21-9-4-5-12-26(21)22/h4-18H,19H2,1-3H3,(H,32,34)/b31-18-. The van der Waals surface area contributed by atoms with Crippen LogP contribution in [-0.4, -0.2) is 30.9 Å². The first-order valence-electron chi connectivity index (χ1n) is 11.7. The van der Waals surface area contributed by atoms with E-state index in [2.05, 4.69) is 76.6 Å². The molecule has 0 bridgehead atoms. The van der Waals surface area contributed by atoms with E-state index in [0.717, 1.165) is 28.7 Å². The number of hydrogen-bond acceptors (Lipinski definition) is 4. The zero-order valence-electron chi connectivity index (χ0n) is 20.5. The molecule has 1 N–H and O–H groups in total. The highest BCUT2D eigenvalue weighted by Gasteiger charge is 2.14. The van der Waals surface area contributed by atoms with Gasteiger partial charge in [-0.15, -0.1) is 0 Å². The lowest BCUT2D eigenvalue weighted by molar-refractivity contribution is 0.0954. The van der Waals surface area contributed by atoms with Crippen LogP contribution in [0.4, 0.5) is 0 Å². The van der Waals surface area contributed by atoms with Crippen molar-refractivity contribution in [3.05, 3.63) is 107 Å². The van der Waals surface area contributed by atoms with Crippen LogP contribution in [0.3, 0.4) is 0 Å². The van der Waals surface area contributed by atoms with Crippen LogP contribution in [0.1, 0.15) is 27.2 Å². The van der Waals surface area contributed by atoms with E-state index in [1.54, 1.807) is 38.6 Å². The second-order valence-electron chi connectivity index (χ2n) is 8.54. The highest BCUT2D eigenvalue weighted by Crippen LogP contribution is 2.28. The topological polar surface area (TPSA) is 64.8 Å². The Hall–Kier alpha value is -4.58. The third-order valence-electron chi connectivity index (χ3n) is 6.46. The van der Waals surface area contributed by atoms with Crippen LogP contribution in [-0.2, 0) is 6.54 Å². The number of methoxy groups -OCH3 is 2. The van der Waals surface area contributed by atoms with E-state index in [1.807, 2.05) is 12.1 Å². The van der Waals surface area contributed by atoms with Gasteiger partial charge < -0.3 is 14.0 Å². The molecule has 0 radical (unpaired) electrons. The zero-order chi connectivity index (χ0) is 25.1. The Bertz CT molecular complexity index is 1570. The Morgan fingerprint density at radius 1 is 0.889 bits per heavy atom. The minimum Gasteiger partial charge on any atom is -0.497 e. The number of ether oxygens (including phenoxy) is 2. The number of para-hydroxylation sites is 1. The van der Waals surface area contributed by atoms with Crippen molar-refractivity contribution in [3.63, 3.8) is 0 Å². The van der Waals surface area contributed by atoms with E-state index in [-0.39, 0.29) is 5.91 Å². The summed E-state index contributed by atoms with van der Waals surface area (Å²) in [7, 11) is 3.09. The number of rotatable bonds is 7. The van der Waals surface area contributed by atoms with Gasteiger partial charge in [0, 0.05) is 40.3 Å². The predicted molar refractivity (Wildman–Crippen MR) is 144 cm³/mol. The van der Waals surface area contributed by atoms with Crippen molar-refractivity contribution in [2.45, 2.75) is 13.5 Å². The molecule has 1 aromatic heterocycles. The van der Waals surface area contributed by atoms with Crippen molar-refractivity contribution in [1.82, 2.24) is 9.99 Å². The number of nitrogens with one attached hydrogen (secondary N) is 1. The summed E-state index contributed by atoms with van der Waals surface area (Å²) in [6.45, 7) is 2.82. The van der Waals surface area contributed by atoms with Crippen molar-refractivity contribution in [1.29, 1.82) is 0 Å². The highest BCUT2D eigenvalue weighted by atomic mass is 16.5. The molecule has 0 aliphatic rings. The fraction of sp³-hybridized carbons (Fsp3) is 0.133. The Morgan fingerprint density at radius 2 is 1.56 bits per heavy atom. The van der Waals surface area contributed by atoms with Gasteiger partial charge in [-0.05, 0) is 41.5 Å². The van der Waals surface area contributed by atoms with Crippen LogP contribution in [0.15, 0.2) is 90.0 Å². The molecule has 4 aromatic carbocycles. The number of carbonyl (C=O) groups excluding carboxylic acids is 1. The molecule has 0 saturated carbocycles. The fourth-order valence-electron chi connectivity index (χ4n) is 4.58. The number of carbonyl (C=O) groups is 1. The van der Waals surface area contributed by atoms with Gasteiger partial charge in [-0.25, -0.2) is 5.43 Å². The average molecular weight is 478 g/mol. The Morgan fingerprint density at radius 3 is 2.31 bits per heavy atom. The quantitative estimate of drug-likeness (QED) is 0.233. The Kier molecular flexibility index (Phi) is 6.41. The van der Waals surface area contributed by atoms with Crippen LogP contribution in [0.5, 0.6) is 11.5 Å². The van der Waals surface area contributed by atoms with Gasteiger partial charge in [-0.2, -0.15) is 5.10 Å². The SMILES string of the molecule is COc1cc(OC)cc(C(=O)N/N=C\c2c(C)n(Cc3cccc4ccccc34)c3ccccc23)c1. The van der Waals surface area contributed by atoms with Crippen LogP contribution in [0.2, 0.25) is 0 Å². The van der Waals surface area contributed by atoms with Gasteiger partial charge in [0.25, 0.3) is 5.91 Å². The number of hydrogen-bond donors (Lipinski definition) is 1. The second kappa shape index (κ2) is 9.96. The second-order valence-corrected chi connectivity index (χ2v) is 8.54. The van der Waals surface area contributed by atoms with Gasteiger partial charge >= 0.3 is 0 Å². The third kappa shape index (κ3) is 4.41. The lowest BCUT2D eigenvalue weighted by Crippen LogP contribution is -2.17. The van der Waals surface area contributed by atoms with E-state index in [9.17, 15) is 4.79 Å². The Labute approximate surface area is 209 Å². The number of nitrogens with zero attached hydrogens (tertiary/aromatic N) is 2. The number of benzene rings is 4. The molecule has 0 spiro atoms. The summed E-state index contributed by atoms with van der Waals surface area (Å²) in [5.74, 6) is 0.729. The lowest BCUT2D eigenvalue weighted by Gasteiger charge is -2.11. The van der Waals surface area contributed by atoms with Crippen molar-refractivity contribution in [2.75, 3.05) is 14.2 Å². The molecule has 0 atom stereocenters. The van der Waals surface area contributed by atoms with Crippen molar-refractivity contribution >= 4 is 33.8 Å². The minimum absolute atomic E-state index is 0.347. The van der Waals surface area contributed by atoms with E-state index in [4.69, 9.17) is 9.47 Å². The molecule has 0 unspecified atom stereocenters. The van der Waals surface area contributed by atoms with E-state index in [1.165, 1.54) is 16.3 Å². The average Bonchev–Trinajstić information content (AvgIpc) is 3.19. The minimum atomic E-state index is -0.347. The molecule has 0 aliphatic carbocycles. The number of amides is 1. The van der Waals surface area contributed by atoms with E-state index < -0.39 is 0 Å². The molecule has 0 fully saturated rings. The molecule has 0 aliphatic heterocycles. The Balaban J connectivity index is 1.46. The molecular formula is C30H27N3O3. The number of aromatic nitrogens is 1. The first-order chi connectivity index (χ1) is 17.6. The monoisotopic (exact) mass is 477 g/mol. The normalized spacial score (nSPS) is 11.3. The van der Waals surface area contributed by atoms with E-state index >= 15 is 0 Å². The van der Waals surface area contributed by atoms with Crippen molar-refractivity contribution in [2.24, 2.45) is 5.10 Å². The number of hydrazone groups is 1. The summed E-state index contributed by atoms with van der Waals surface area (Å²) in [6, 6.07) is 28.1. The summed E-state index contributed by atoms with van der Waals surface area (Å²) >= 11 is 0. The zero-order valence-corrected chi connectivity index (χ0v) is 20.5. The lowest BCUT2D eigenvalue weighted by atomic mass is 10.0. The molecule has 6 nitrogen and oxygen atoms in total. The van der Waals surface area contributed by atoms with Crippen molar-refractivity contribution < 1.29 is 14.3 Å². The van der Waals surface area contributed by atoms with Gasteiger partial charge in [0.1, 0.15) is 11.5 Å². The van der Waals surface area contributed by atoms with E-state index in [0.29, 0.717) is 17.1 Å². The van der Waals surface area contributed by atoms with Crippen LogP contribution < -0.4 is 14.9 Å². The largest absolute Gasteiger partial charge is 0.497 e. The predicted octanol–water partition coefficient (Wildman–Crippen LogP) is 5.93. The molecule has 5 rings (SSSR count). The van der Waals surface area contributed by atoms with Gasteiger partial charge in [0.15, 0.2) is 0 Å². The summed E-state index contributed by atoms with van der Waals surface area (Å²) in [4.78, 5) is 12.7. The maximum Gasteiger partial charge on any atom is 0.271 e. The molecule has 6 heteroatoms. The molecule has 5 aromatic rings. The highest BCUT2D eigenvalue weighted by molar-refractivity contribution is 6.02. The van der Waals surface area contributed by atoms with Crippen LogP contribution in [0.25, 0.3) is 21.7 Å². The van der Waals surface area contributed by atoms with Crippen LogP contribution >= 0.6 is 0 Å². The van der Waals surface area contributed by atoms with Gasteiger partial charge in [0.05, 0.1) is 20.4 Å². The third-order valence-corrected chi connectivity index (χ3v) is 6.46. The smallest absolute Gasteiger partial charge is 0.271 e. The van der Waals surface area contributed by atoms with Gasteiger partial charge in [0.2, 0.25) is 0 Å². The number of fused-ring (bicyclic) bond motifs is 2. The summed E-state index contributed by atoms with van der Waals surface area (Å²) in [6.07, 6.45) is 1.71. The van der Waals surface area contributed by atoms with Gasteiger partial charge in [-0.1, -0.05) is 60.7 Å². The van der Waals surface area contributed by atoms with Gasteiger partial charge in [-0.3, -0.25) is 4.79 Å². The summed E-state index contributed by atoms with van der Waals surface area (Å²) < 4.78 is 12.8. The first kappa shape index (κ1) is 23.2. The summed E-state index contributed by atoms with van der Waals surface area (Å²) in [5.41, 5.74) is 7.45. The van der Waals surface area contributed by atoms with Crippen molar-refractivity contribution in [3.8, 4) is 11.5 Å². The molecular weight excluding hydrogens is 450 g/mol. The maximum atomic E-state index is 12.7. The molecule has 1 heterocycles. The molecule has 180 valence electrons. The fourth-order valence-corrected chi connectivity index (χ4v) is 4.58. The molecule has 36 heavy (non-hydrogen) atoms. The summed E-state index contributed by atoms with van der Waals surface area (Å²) in [5, 5.41) is 7.84.